The van der Waals surface area contributed by atoms with Gasteiger partial charge in [-0.1, -0.05) is 0 Å². The Morgan fingerprint density at radius 2 is 2.11 bits per heavy atom. The predicted octanol–water partition coefficient (Wildman–Crippen LogP) is 1.53. The molecule has 1 aliphatic rings. The number of rotatable bonds is 0. The molecule has 2 nitrogen and oxygen atoms in total. The van der Waals surface area contributed by atoms with Crippen molar-refractivity contribution in [3.05, 3.63) is 5.21 Å². The number of nitrogens with zero attached hydrogens (tertiary/aromatic N) is 1. The molecule has 2 heteroatoms. The Morgan fingerprint density at radius 1 is 1.56 bits per heavy atom. The van der Waals surface area contributed by atoms with Gasteiger partial charge in [0.1, 0.15) is 0 Å². The van der Waals surface area contributed by atoms with Crippen LogP contribution in [-0.4, -0.2) is 16.0 Å². The highest BCUT2D eigenvalue weighted by Crippen LogP contribution is 2.22. The summed E-state index contributed by atoms with van der Waals surface area (Å²) in [4.78, 5) is 0. The van der Waals surface area contributed by atoms with Crippen LogP contribution in [0.4, 0.5) is 0 Å². The van der Waals surface area contributed by atoms with Crippen molar-refractivity contribution in [2.45, 2.75) is 39.2 Å². The third-order valence-corrected chi connectivity index (χ3v) is 2.00. The lowest BCUT2D eigenvalue weighted by Crippen LogP contribution is -2.28. The number of hydrogen-bond acceptors (Lipinski definition) is 1. The topological polar surface area (TPSA) is 26.1 Å². The monoisotopic (exact) mass is 128 g/mol. The van der Waals surface area contributed by atoms with Crippen molar-refractivity contribution in [3.8, 4) is 0 Å². The maximum atomic E-state index is 11.1. The second-order valence-electron chi connectivity index (χ2n) is 3.34. The molecular weight excluding hydrogens is 115 g/mol. The molecule has 0 aromatic heterocycles. The van der Waals surface area contributed by atoms with Crippen LogP contribution >= 0.6 is 0 Å². The molecule has 1 rings (SSSR count). The zero-order chi connectivity index (χ0) is 7.07. The van der Waals surface area contributed by atoms with Gasteiger partial charge < -0.3 is 5.21 Å². The largest absolute Gasteiger partial charge is 0.623 e. The van der Waals surface area contributed by atoms with E-state index in [4.69, 9.17) is 0 Å². The first kappa shape index (κ1) is 6.59. The Balaban J connectivity index is 2.88. The molecule has 0 saturated heterocycles. The van der Waals surface area contributed by atoms with E-state index < -0.39 is 0 Å². The van der Waals surface area contributed by atoms with Crippen molar-refractivity contribution in [3.63, 3.8) is 0 Å². The first-order valence-electron chi connectivity index (χ1n) is 3.34. The fraction of sp³-hybridized carbons (Fsp3) is 0.857. The van der Waals surface area contributed by atoms with Crippen molar-refractivity contribution in [1.29, 1.82) is 0 Å². The van der Waals surface area contributed by atoms with Gasteiger partial charge in [0.2, 0.25) is 0 Å². The van der Waals surface area contributed by atoms with E-state index in [9.17, 15) is 5.21 Å². The lowest BCUT2D eigenvalue weighted by molar-refractivity contribution is -0.531. The van der Waals surface area contributed by atoms with Crippen LogP contribution in [0.5, 0.6) is 0 Å². The first-order chi connectivity index (χ1) is 4.04. The van der Waals surface area contributed by atoms with Crippen LogP contribution in [0.15, 0.2) is 0 Å². The summed E-state index contributed by atoms with van der Waals surface area (Å²) >= 11 is 0. The van der Waals surface area contributed by atoms with Crippen LogP contribution in [0.3, 0.4) is 0 Å². The highest BCUT2D eigenvalue weighted by atomic mass is 16.5. The minimum atomic E-state index is -0.135. The minimum absolute atomic E-state index is 0.135. The summed E-state index contributed by atoms with van der Waals surface area (Å²) in [6.07, 6.45) is 1.97. The van der Waals surface area contributed by atoms with Gasteiger partial charge in [-0.25, -0.2) is 4.74 Å². The summed E-state index contributed by atoms with van der Waals surface area (Å²) in [6.45, 7) is 5.87. The van der Waals surface area contributed by atoms with Gasteiger partial charge in [-0.15, -0.1) is 0 Å². The molecule has 0 aromatic carbocycles. The fourth-order valence-electron chi connectivity index (χ4n) is 1.21. The van der Waals surface area contributed by atoms with Gasteiger partial charge in [0.25, 0.3) is 0 Å². The number of hydrogen-bond donors (Lipinski definition) is 0. The molecule has 0 atom stereocenters. The molecule has 9 heavy (non-hydrogen) atoms. The van der Waals surface area contributed by atoms with Gasteiger partial charge in [0.05, 0.1) is 0 Å². The van der Waals surface area contributed by atoms with E-state index in [1.165, 1.54) is 0 Å². The Kier molecular flexibility index (Phi) is 1.26. The van der Waals surface area contributed by atoms with Crippen molar-refractivity contribution >= 4 is 5.71 Å². The quantitative estimate of drug-likeness (QED) is 0.276. The summed E-state index contributed by atoms with van der Waals surface area (Å²) in [5.74, 6) is 0. The van der Waals surface area contributed by atoms with Crippen LogP contribution in [0.2, 0.25) is 0 Å². The van der Waals surface area contributed by atoms with Gasteiger partial charge in [-0.2, -0.15) is 0 Å². The van der Waals surface area contributed by atoms with E-state index in [0.717, 1.165) is 23.3 Å². The SMILES string of the molecule is C[13C]1=[N+]([O-])C(C)(C)CC1. The van der Waals surface area contributed by atoms with Crippen molar-refractivity contribution in [2.75, 3.05) is 0 Å². The molecule has 0 bridgehead atoms. The first-order valence-corrected chi connectivity index (χ1v) is 3.34. The Bertz CT molecular complexity index is 158. The molecule has 52 valence electrons. The van der Waals surface area contributed by atoms with Crippen LogP contribution < -0.4 is 0 Å². The van der Waals surface area contributed by atoms with Gasteiger partial charge in [0, 0.05) is 33.6 Å². The summed E-state index contributed by atoms with van der Waals surface area (Å²) in [6, 6.07) is 0. The molecule has 0 N–H and O–H groups in total. The maximum Gasteiger partial charge on any atom is 0.167 e. The van der Waals surface area contributed by atoms with Gasteiger partial charge in [-0.05, 0) is 0 Å². The lowest BCUT2D eigenvalue weighted by atomic mass is 10.0. The van der Waals surface area contributed by atoms with Gasteiger partial charge in [-0.3, -0.25) is 0 Å². The molecule has 0 spiro atoms. The molecule has 0 unspecified atom stereocenters. The number of hydroxylamine groups is 1. The van der Waals surface area contributed by atoms with E-state index >= 15 is 0 Å². The van der Waals surface area contributed by atoms with Crippen molar-refractivity contribution in [1.82, 2.24) is 0 Å². The highest BCUT2D eigenvalue weighted by molar-refractivity contribution is 5.78. The second-order valence-corrected chi connectivity index (χ2v) is 3.34. The van der Waals surface area contributed by atoms with Crippen LogP contribution in [-0.2, 0) is 0 Å². The smallest absolute Gasteiger partial charge is 0.167 e. The van der Waals surface area contributed by atoms with E-state index in [-0.39, 0.29) is 5.54 Å². The Morgan fingerprint density at radius 3 is 2.22 bits per heavy atom. The van der Waals surface area contributed by atoms with Gasteiger partial charge >= 0.3 is 0 Å². The maximum absolute atomic E-state index is 11.1. The average Bonchev–Trinajstić information content (AvgIpc) is 1.97. The fourth-order valence-corrected chi connectivity index (χ4v) is 1.21. The summed E-state index contributed by atoms with van der Waals surface area (Å²) in [7, 11) is 0. The van der Waals surface area contributed by atoms with Crippen molar-refractivity contribution in [2.24, 2.45) is 0 Å². The molecule has 0 radical (unpaired) electrons. The minimum Gasteiger partial charge on any atom is -0.623 e. The van der Waals surface area contributed by atoms with E-state index in [0.29, 0.717) is 0 Å². The highest BCUT2D eigenvalue weighted by Gasteiger charge is 2.33. The molecule has 0 amide bonds. The molecule has 0 aromatic rings. The Labute approximate surface area is 55.8 Å². The zero-order valence-electron chi connectivity index (χ0n) is 6.27. The molecule has 0 saturated carbocycles. The molecule has 0 aliphatic carbocycles. The third kappa shape index (κ3) is 0.934. The summed E-state index contributed by atoms with van der Waals surface area (Å²) in [5, 5.41) is 11.1. The summed E-state index contributed by atoms with van der Waals surface area (Å²) < 4.78 is 1.13. The summed E-state index contributed by atoms with van der Waals surface area (Å²) in [5.41, 5.74) is 0.837. The molecular formula is C7H13NO. The standard InChI is InChI=1S/C7H13NO/c1-6-4-5-7(2,3)8(6)9/h4-5H2,1-3H3/i6+1. The normalized spacial score (nSPS) is 25.2. The predicted molar refractivity (Wildman–Crippen MR) is 37.6 cm³/mol. The third-order valence-electron chi connectivity index (χ3n) is 2.00. The lowest BCUT2D eigenvalue weighted by Gasteiger charge is -2.17. The molecule has 1 aliphatic heterocycles. The van der Waals surface area contributed by atoms with Crippen LogP contribution in [0.1, 0.15) is 33.6 Å². The molecule has 0 fully saturated rings. The average molecular weight is 128 g/mol. The second kappa shape index (κ2) is 1.72. The van der Waals surface area contributed by atoms with E-state index in [2.05, 4.69) is 0 Å². The van der Waals surface area contributed by atoms with Gasteiger partial charge in [0.15, 0.2) is 11.3 Å². The van der Waals surface area contributed by atoms with Crippen molar-refractivity contribution < 1.29 is 4.74 Å². The molecule has 1 heterocycles. The van der Waals surface area contributed by atoms with Crippen LogP contribution in [0, 0.1) is 5.21 Å². The van der Waals surface area contributed by atoms with Crippen LogP contribution in [0.25, 0.3) is 0 Å². The Hall–Kier alpha value is -0.530. The van der Waals surface area contributed by atoms with E-state index in [1.807, 2.05) is 20.8 Å². The van der Waals surface area contributed by atoms with E-state index in [1.54, 1.807) is 0 Å². The zero-order valence-corrected chi connectivity index (χ0v) is 6.27.